The van der Waals surface area contributed by atoms with Gasteiger partial charge in [-0.2, -0.15) is 0 Å². The van der Waals surface area contributed by atoms with Crippen molar-refractivity contribution in [2.24, 2.45) is 0 Å². The molecule has 0 aliphatic rings. The van der Waals surface area contributed by atoms with Crippen LogP contribution >= 0.6 is 11.5 Å². The van der Waals surface area contributed by atoms with Crippen molar-refractivity contribution >= 4 is 26.4 Å². The second kappa shape index (κ2) is 5.55. The Labute approximate surface area is 99.7 Å². The number of hydrogen-bond acceptors (Lipinski definition) is 7. The van der Waals surface area contributed by atoms with E-state index in [2.05, 4.69) is 14.9 Å². The minimum Gasteiger partial charge on any atom is -0.377 e. The number of rotatable bonds is 6. The SMILES string of the molecule is CNc1snnc1CN(C)CCS(C)(=O)=O. The first-order valence-electron chi connectivity index (χ1n) is 4.77. The molecular weight excluding hydrogens is 248 g/mol. The number of hydrogen-bond donors (Lipinski definition) is 1. The summed E-state index contributed by atoms with van der Waals surface area (Å²) in [7, 11) is 0.775. The summed E-state index contributed by atoms with van der Waals surface area (Å²) >= 11 is 1.30. The molecule has 1 rings (SSSR count). The van der Waals surface area contributed by atoms with Crippen LogP contribution in [0.3, 0.4) is 0 Å². The van der Waals surface area contributed by atoms with Crippen LogP contribution in [0.4, 0.5) is 5.00 Å². The lowest BCUT2D eigenvalue weighted by Crippen LogP contribution is -2.25. The van der Waals surface area contributed by atoms with Gasteiger partial charge >= 0.3 is 0 Å². The summed E-state index contributed by atoms with van der Waals surface area (Å²) in [6.45, 7) is 1.10. The zero-order valence-corrected chi connectivity index (χ0v) is 11.2. The van der Waals surface area contributed by atoms with Gasteiger partial charge in [0.2, 0.25) is 0 Å². The Kier molecular flexibility index (Phi) is 4.63. The molecule has 0 radical (unpaired) electrons. The lowest BCUT2D eigenvalue weighted by atomic mass is 10.4. The van der Waals surface area contributed by atoms with Crippen LogP contribution in [0.2, 0.25) is 0 Å². The average molecular weight is 264 g/mol. The van der Waals surface area contributed by atoms with Gasteiger partial charge in [0.1, 0.15) is 20.5 Å². The van der Waals surface area contributed by atoms with Crippen molar-refractivity contribution in [3.8, 4) is 0 Å². The Morgan fingerprint density at radius 2 is 2.19 bits per heavy atom. The Hall–Kier alpha value is -0.730. The predicted molar refractivity (Wildman–Crippen MR) is 65.5 cm³/mol. The number of anilines is 1. The second-order valence-electron chi connectivity index (χ2n) is 3.67. The van der Waals surface area contributed by atoms with Gasteiger partial charge in [-0.1, -0.05) is 4.49 Å². The van der Waals surface area contributed by atoms with Crippen molar-refractivity contribution in [1.82, 2.24) is 14.5 Å². The van der Waals surface area contributed by atoms with Crippen molar-refractivity contribution in [2.75, 3.05) is 38.0 Å². The third kappa shape index (κ3) is 4.42. The van der Waals surface area contributed by atoms with E-state index in [4.69, 9.17) is 0 Å². The summed E-state index contributed by atoms with van der Waals surface area (Å²) in [6.07, 6.45) is 1.24. The number of aromatic nitrogens is 2. The van der Waals surface area contributed by atoms with Gasteiger partial charge in [0.15, 0.2) is 0 Å². The number of nitrogens with one attached hydrogen (secondary N) is 1. The smallest absolute Gasteiger partial charge is 0.148 e. The van der Waals surface area contributed by atoms with Crippen molar-refractivity contribution in [2.45, 2.75) is 6.54 Å². The molecule has 1 heterocycles. The maximum Gasteiger partial charge on any atom is 0.148 e. The minimum absolute atomic E-state index is 0.163. The van der Waals surface area contributed by atoms with Crippen LogP contribution in [-0.2, 0) is 16.4 Å². The summed E-state index contributed by atoms with van der Waals surface area (Å²) < 4.78 is 25.8. The number of sulfone groups is 1. The molecule has 1 aromatic rings. The van der Waals surface area contributed by atoms with Crippen LogP contribution in [0.5, 0.6) is 0 Å². The zero-order valence-electron chi connectivity index (χ0n) is 9.60. The van der Waals surface area contributed by atoms with Gasteiger partial charge in [-0.25, -0.2) is 8.42 Å². The first-order chi connectivity index (χ1) is 7.42. The Balaban J connectivity index is 2.48. The molecule has 0 fully saturated rings. The molecule has 0 aromatic carbocycles. The molecule has 0 unspecified atom stereocenters. The molecule has 92 valence electrons. The van der Waals surface area contributed by atoms with E-state index >= 15 is 0 Å². The Morgan fingerprint density at radius 1 is 1.50 bits per heavy atom. The molecule has 0 amide bonds. The molecule has 16 heavy (non-hydrogen) atoms. The average Bonchev–Trinajstić information content (AvgIpc) is 2.61. The molecule has 1 N–H and O–H groups in total. The quantitative estimate of drug-likeness (QED) is 0.783. The molecule has 1 aromatic heterocycles. The number of nitrogens with zero attached hydrogens (tertiary/aromatic N) is 3. The van der Waals surface area contributed by atoms with Gasteiger partial charge in [0.25, 0.3) is 0 Å². The highest BCUT2D eigenvalue weighted by atomic mass is 32.2. The van der Waals surface area contributed by atoms with Crippen molar-refractivity contribution < 1.29 is 8.42 Å². The van der Waals surface area contributed by atoms with Gasteiger partial charge < -0.3 is 5.32 Å². The normalized spacial score (nSPS) is 12.0. The van der Waals surface area contributed by atoms with Gasteiger partial charge in [-0.3, -0.25) is 4.90 Å². The molecule has 0 atom stereocenters. The van der Waals surface area contributed by atoms with E-state index in [1.54, 1.807) is 0 Å². The summed E-state index contributed by atoms with van der Waals surface area (Å²) in [5.41, 5.74) is 0.850. The van der Waals surface area contributed by atoms with Crippen LogP contribution in [0.1, 0.15) is 5.69 Å². The molecule has 0 aliphatic heterocycles. The Morgan fingerprint density at radius 3 is 2.75 bits per heavy atom. The summed E-state index contributed by atoms with van der Waals surface area (Å²) in [4.78, 5) is 1.92. The van der Waals surface area contributed by atoms with Crippen LogP contribution in [0, 0.1) is 0 Å². The third-order valence-corrected chi connectivity index (χ3v) is 3.76. The van der Waals surface area contributed by atoms with Crippen LogP contribution in [-0.4, -0.2) is 55.6 Å². The maximum absolute atomic E-state index is 11.0. The molecule has 0 spiro atoms. The van der Waals surface area contributed by atoms with Crippen molar-refractivity contribution in [3.05, 3.63) is 5.69 Å². The van der Waals surface area contributed by atoms with Crippen LogP contribution < -0.4 is 5.32 Å². The third-order valence-electron chi connectivity index (χ3n) is 2.05. The van der Waals surface area contributed by atoms with E-state index in [-0.39, 0.29) is 5.75 Å². The Bertz CT molecular complexity index is 429. The van der Waals surface area contributed by atoms with E-state index in [1.165, 1.54) is 17.8 Å². The van der Waals surface area contributed by atoms with Gasteiger partial charge in [-0.15, -0.1) is 5.10 Å². The maximum atomic E-state index is 11.0. The highest BCUT2D eigenvalue weighted by Crippen LogP contribution is 2.17. The van der Waals surface area contributed by atoms with Gasteiger partial charge in [0.05, 0.1) is 5.75 Å². The van der Waals surface area contributed by atoms with Crippen LogP contribution in [0.15, 0.2) is 0 Å². The molecule has 0 bridgehead atoms. The first kappa shape index (κ1) is 13.3. The van der Waals surface area contributed by atoms with Crippen LogP contribution in [0.25, 0.3) is 0 Å². The molecule has 0 saturated carbocycles. The topological polar surface area (TPSA) is 75.2 Å². The van der Waals surface area contributed by atoms with E-state index in [9.17, 15) is 8.42 Å². The molecule has 0 saturated heterocycles. The van der Waals surface area contributed by atoms with Crippen molar-refractivity contribution in [3.63, 3.8) is 0 Å². The summed E-state index contributed by atoms with van der Waals surface area (Å²) in [5.74, 6) is 0.163. The lowest BCUT2D eigenvalue weighted by Gasteiger charge is -2.14. The largest absolute Gasteiger partial charge is 0.377 e. The fourth-order valence-electron chi connectivity index (χ4n) is 1.16. The molecular formula is C8H16N4O2S2. The first-order valence-corrected chi connectivity index (χ1v) is 7.61. The van der Waals surface area contributed by atoms with Crippen molar-refractivity contribution in [1.29, 1.82) is 0 Å². The summed E-state index contributed by atoms with van der Waals surface area (Å²) in [6, 6.07) is 0. The highest BCUT2D eigenvalue weighted by molar-refractivity contribution is 7.90. The highest BCUT2D eigenvalue weighted by Gasteiger charge is 2.11. The standard InChI is InChI=1S/C8H16N4O2S2/c1-9-8-7(10-11-15-8)6-12(2)4-5-16(3,13)14/h9H,4-6H2,1-3H3. The lowest BCUT2D eigenvalue weighted by molar-refractivity contribution is 0.342. The minimum atomic E-state index is -2.90. The fourth-order valence-corrected chi connectivity index (χ4v) is 2.32. The van der Waals surface area contributed by atoms with E-state index in [1.807, 2.05) is 19.0 Å². The van der Waals surface area contributed by atoms with Gasteiger partial charge in [0, 0.05) is 37.9 Å². The summed E-state index contributed by atoms with van der Waals surface area (Å²) in [5, 5.41) is 7.91. The molecule has 8 heteroatoms. The molecule has 6 nitrogen and oxygen atoms in total. The predicted octanol–water partition coefficient (Wildman–Crippen LogP) is 0.0562. The monoisotopic (exact) mass is 264 g/mol. The zero-order chi connectivity index (χ0) is 12.2. The van der Waals surface area contributed by atoms with E-state index < -0.39 is 9.84 Å². The van der Waals surface area contributed by atoms with E-state index in [0.717, 1.165) is 10.7 Å². The molecule has 0 aliphatic carbocycles. The van der Waals surface area contributed by atoms with Gasteiger partial charge in [-0.05, 0) is 7.05 Å². The van der Waals surface area contributed by atoms with E-state index in [0.29, 0.717) is 13.1 Å². The second-order valence-corrected chi connectivity index (χ2v) is 6.68. The fraction of sp³-hybridized carbons (Fsp3) is 0.750.